The topological polar surface area (TPSA) is 74.6 Å². The summed E-state index contributed by atoms with van der Waals surface area (Å²) < 4.78 is 1.99. The van der Waals surface area contributed by atoms with Gasteiger partial charge in [-0.1, -0.05) is 36.8 Å². The first kappa shape index (κ1) is 21.4. The molecule has 2 aromatic carbocycles. The van der Waals surface area contributed by atoms with Crippen molar-refractivity contribution in [2.75, 3.05) is 18.4 Å². The number of nitrogens with zero attached hydrogens (tertiary/aromatic N) is 2. The van der Waals surface area contributed by atoms with E-state index < -0.39 is 5.97 Å². The van der Waals surface area contributed by atoms with Gasteiger partial charge in [0, 0.05) is 35.4 Å². The van der Waals surface area contributed by atoms with E-state index >= 15 is 0 Å². The number of fused-ring (bicyclic) bond motifs is 3. The zero-order chi connectivity index (χ0) is 23.3. The molecule has 6 rings (SSSR count). The highest BCUT2D eigenvalue weighted by atomic mass is 16.4. The maximum absolute atomic E-state index is 13.0. The Kier molecular flexibility index (Phi) is 5.21. The van der Waals surface area contributed by atoms with E-state index in [2.05, 4.69) is 28.4 Å². The molecular formula is C28H31N3O3. The van der Waals surface area contributed by atoms with E-state index in [0.29, 0.717) is 0 Å². The molecule has 1 aliphatic carbocycles. The maximum Gasteiger partial charge on any atom is 0.323 e. The van der Waals surface area contributed by atoms with Gasteiger partial charge in [-0.3, -0.25) is 14.5 Å². The molecule has 0 bridgehead atoms. The van der Waals surface area contributed by atoms with Crippen LogP contribution < -0.4 is 5.32 Å². The van der Waals surface area contributed by atoms with Crippen LogP contribution in [0, 0.1) is 0 Å². The number of anilines is 1. The van der Waals surface area contributed by atoms with Crippen molar-refractivity contribution >= 4 is 28.5 Å². The summed E-state index contributed by atoms with van der Waals surface area (Å²) in [6.45, 7) is 2.76. The highest BCUT2D eigenvalue weighted by Gasteiger charge is 2.48. The van der Waals surface area contributed by atoms with Crippen LogP contribution in [0.2, 0.25) is 0 Å². The number of amides is 1. The fourth-order valence-electron chi connectivity index (χ4n) is 6.73. The van der Waals surface area contributed by atoms with E-state index in [-0.39, 0.29) is 17.9 Å². The van der Waals surface area contributed by atoms with Crippen molar-refractivity contribution in [1.29, 1.82) is 0 Å². The van der Waals surface area contributed by atoms with Crippen molar-refractivity contribution in [3.8, 4) is 0 Å². The normalized spacial score (nSPS) is 21.4. The SMILES string of the molecule is O=C(O)Cn1c2c(c3ccccc31)CCN(CCCCC13CCCc4cccc(c41)NC3=O)C2. The number of carboxylic acids is 1. The predicted octanol–water partition coefficient (Wildman–Crippen LogP) is 4.48. The van der Waals surface area contributed by atoms with Gasteiger partial charge < -0.3 is 15.0 Å². The minimum Gasteiger partial charge on any atom is -0.480 e. The average Bonchev–Trinajstić information content (AvgIpc) is 3.30. The number of carbonyl (C=O) groups is 2. The van der Waals surface area contributed by atoms with Gasteiger partial charge in [-0.15, -0.1) is 0 Å². The van der Waals surface area contributed by atoms with Crippen molar-refractivity contribution in [1.82, 2.24) is 9.47 Å². The molecule has 2 aliphatic heterocycles. The summed E-state index contributed by atoms with van der Waals surface area (Å²) in [6.07, 6.45) is 7.01. The van der Waals surface area contributed by atoms with Crippen LogP contribution in [0.3, 0.4) is 0 Å². The van der Waals surface area contributed by atoms with Gasteiger partial charge in [0.15, 0.2) is 0 Å². The molecule has 0 fully saturated rings. The van der Waals surface area contributed by atoms with Gasteiger partial charge in [-0.05, 0) is 73.9 Å². The number of benzene rings is 2. The molecule has 0 saturated heterocycles. The van der Waals surface area contributed by atoms with Crippen molar-refractivity contribution in [3.63, 3.8) is 0 Å². The van der Waals surface area contributed by atoms with Crippen molar-refractivity contribution in [2.24, 2.45) is 0 Å². The predicted molar refractivity (Wildman–Crippen MR) is 132 cm³/mol. The molecule has 3 aromatic rings. The second-order valence-electron chi connectivity index (χ2n) is 10.1. The lowest BCUT2D eigenvalue weighted by Crippen LogP contribution is -2.37. The monoisotopic (exact) mass is 457 g/mol. The van der Waals surface area contributed by atoms with Crippen LogP contribution in [-0.4, -0.2) is 39.5 Å². The molecule has 0 radical (unpaired) electrons. The summed E-state index contributed by atoms with van der Waals surface area (Å²) in [5.41, 5.74) is 6.78. The molecule has 2 N–H and O–H groups in total. The van der Waals surface area contributed by atoms with Crippen molar-refractivity contribution < 1.29 is 14.7 Å². The van der Waals surface area contributed by atoms with Gasteiger partial charge in [-0.25, -0.2) is 0 Å². The lowest BCUT2D eigenvalue weighted by molar-refractivity contribution is -0.137. The van der Waals surface area contributed by atoms with Crippen LogP contribution in [0.4, 0.5) is 5.69 Å². The van der Waals surface area contributed by atoms with Gasteiger partial charge in [0.05, 0.1) is 5.41 Å². The Hall–Kier alpha value is -3.12. The third kappa shape index (κ3) is 3.35. The van der Waals surface area contributed by atoms with E-state index in [4.69, 9.17) is 0 Å². The summed E-state index contributed by atoms with van der Waals surface area (Å²) in [7, 11) is 0. The number of aromatic nitrogens is 1. The number of hydrogen-bond donors (Lipinski definition) is 2. The second kappa shape index (κ2) is 8.27. The van der Waals surface area contributed by atoms with Crippen LogP contribution in [0.25, 0.3) is 10.9 Å². The quantitative estimate of drug-likeness (QED) is 0.513. The highest BCUT2D eigenvalue weighted by molar-refractivity contribution is 6.07. The lowest BCUT2D eigenvalue weighted by atomic mass is 9.68. The Balaban J connectivity index is 1.14. The standard InChI is InChI=1S/C28H31N3O3/c32-25(33)18-31-23-11-2-1-9-20(23)21-12-16-30(17-24(21)31)15-4-3-13-28-14-6-8-19-7-5-10-22(26(19)28)29-27(28)34/h1-2,5,7,9-11H,3-4,6,8,12-18H2,(H,29,34)(H,32,33). The average molecular weight is 458 g/mol. The number of carboxylic acid groups (broad SMARTS) is 1. The summed E-state index contributed by atoms with van der Waals surface area (Å²) in [5, 5.41) is 13.8. The van der Waals surface area contributed by atoms with Gasteiger partial charge in [-0.2, -0.15) is 0 Å². The largest absolute Gasteiger partial charge is 0.480 e. The number of aliphatic carboxylic acids is 1. The van der Waals surface area contributed by atoms with Crippen molar-refractivity contribution in [2.45, 2.75) is 63.5 Å². The molecule has 1 unspecified atom stereocenters. The summed E-state index contributed by atoms with van der Waals surface area (Å²) >= 11 is 0. The highest BCUT2D eigenvalue weighted by Crippen LogP contribution is 2.49. The first-order valence-electron chi connectivity index (χ1n) is 12.5. The Morgan fingerprint density at radius 2 is 1.97 bits per heavy atom. The molecule has 1 aromatic heterocycles. The zero-order valence-corrected chi connectivity index (χ0v) is 19.5. The number of para-hydroxylation sites is 1. The Morgan fingerprint density at radius 1 is 1.09 bits per heavy atom. The molecule has 3 heterocycles. The van der Waals surface area contributed by atoms with E-state index in [1.54, 1.807) is 0 Å². The number of rotatable bonds is 7. The zero-order valence-electron chi connectivity index (χ0n) is 19.5. The smallest absolute Gasteiger partial charge is 0.323 e. The summed E-state index contributed by atoms with van der Waals surface area (Å²) in [5.74, 6) is -0.614. The molecule has 1 amide bonds. The van der Waals surface area contributed by atoms with Crippen LogP contribution in [-0.2, 0) is 40.9 Å². The number of carbonyl (C=O) groups excluding carboxylic acids is 1. The molecule has 176 valence electrons. The van der Waals surface area contributed by atoms with E-state index in [9.17, 15) is 14.7 Å². The third-order valence-electron chi connectivity index (χ3n) is 8.23. The Labute approximate surface area is 199 Å². The molecule has 6 nitrogen and oxygen atoms in total. The molecule has 0 saturated carbocycles. The minimum absolute atomic E-state index is 0.00304. The second-order valence-corrected chi connectivity index (χ2v) is 10.1. The van der Waals surface area contributed by atoms with Crippen LogP contribution in [0.15, 0.2) is 42.5 Å². The molecule has 0 spiro atoms. The molecule has 34 heavy (non-hydrogen) atoms. The van der Waals surface area contributed by atoms with Crippen molar-refractivity contribution in [3.05, 3.63) is 64.8 Å². The van der Waals surface area contributed by atoms with E-state index in [1.165, 1.54) is 22.1 Å². The van der Waals surface area contributed by atoms with Gasteiger partial charge in [0.25, 0.3) is 0 Å². The van der Waals surface area contributed by atoms with Crippen LogP contribution in [0.1, 0.15) is 54.5 Å². The number of nitrogens with one attached hydrogen (secondary N) is 1. The minimum atomic E-state index is -0.804. The summed E-state index contributed by atoms with van der Waals surface area (Å²) in [4.78, 5) is 27.0. The first-order chi connectivity index (χ1) is 16.6. The molecular weight excluding hydrogens is 426 g/mol. The maximum atomic E-state index is 13.0. The van der Waals surface area contributed by atoms with Gasteiger partial charge in [0.2, 0.25) is 5.91 Å². The fraction of sp³-hybridized carbons (Fsp3) is 0.429. The van der Waals surface area contributed by atoms with Crippen LogP contribution in [0.5, 0.6) is 0 Å². The van der Waals surface area contributed by atoms with Gasteiger partial charge >= 0.3 is 5.97 Å². The molecule has 3 aliphatic rings. The van der Waals surface area contributed by atoms with E-state index in [1.807, 2.05) is 28.8 Å². The molecule has 6 heteroatoms. The molecule has 1 atom stereocenters. The first-order valence-corrected chi connectivity index (χ1v) is 12.5. The number of aryl methyl sites for hydroxylation is 1. The Bertz CT molecular complexity index is 1290. The summed E-state index contributed by atoms with van der Waals surface area (Å²) in [6, 6.07) is 14.5. The lowest BCUT2D eigenvalue weighted by Gasteiger charge is -2.33. The number of unbranched alkanes of at least 4 members (excludes halogenated alkanes) is 1. The van der Waals surface area contributed by atoms with Crippen LogP contribution >= 0.6 is 0 Å². The Morgan fingerprint density at radius 3 is 2.85 bits per heavy atom. The third-order valence-corrected chi connectivity index (χ3v) is 8.23. The fourth-order valence-corrected chi connectivity index (χ4v) is 6.73. The number of hydrogen-bond acceptors (Lipinski definition) is 3. The van der Waals surface area contributed by atoms with Gasteiger partial charge in [0.1, 0.15) is 6.54 Å². The van der Waals surface area contributed by atoms with E-state index in [0.717, 1.165) is 81.5 Å².